The molecule has 0 saturated carbocycles. The van der Waals surface area contributed by atoms with Crippen molar-refractivity contribution in [2.45, 2.75) is 0 Å². The molecule has 0 rings (SSSR count). The molecule has 0 amide bonds. The van der Waals surface area contributed by atoms with Gasteiger partial charge >= 0.3 is 63.5 Å². The van der Waals surface area contributed by atoms with E-state index in [2.05, 4.69) is 0 Å². The van der Waals surface area contributed by atoms with Crippen LogP contribution in [0.2, 0.25) is 0 Å². The third kappa shape index (κ3) is 334. The van der Waals surface area contributed by atoms with Gasteiger partial charge < -0.3 is 35.4 Å². The van der Waals surface area contributed by atoms with E-state index in [0.717, 1.165) is 0 Å². The summed E-state index contributed by atoms with van der Waals surface area (Å²) in [5.74, 6) is 0. The molecule has 0 radical (unpaired) electrons. The first kappa shape index (κ1) is 18.6. The summed E-state index contributed by atoms with van der Waals surface area (Å²) >= 11 is 0. The summed E-state index contributed by atoms with van der Waals surface area (Å²) in [7, 11) is -10.0. The van der Waals surface area contributed by atoms with Gasteiger partial charge in [-0.1, -0.05) is 0 Å². The van der Waals surface area contributed by atoms with Gasteiger partial charge in [-0.2, -0.15) is 7.82 Å². The van der Waals surface area contributed by atoms with Crippen LogP contribution in [0.15, 0.2) is 0 Å². The summed E-state index contributed by atoms with van der Waals surface area (Å²) in [6.07, 6.45) is 0. The van der Waals surface area contributed by atoms with Gasteiger partial charge in [0.05, 0.1) is 0 Å². The Morgan fingerprint density at radius 3 is 1.09 bits per heavy atom. The molecule has 0 bridgehead atoms. The topological polar surface area (TPSA) is 164 Å². The van der Waals surface area contributed by atoms with Gasteiger partial charge in [-0.25, -0.2) is 4.57 Å². The SMILES string of the molecule is O=P(O)(O)O.O=P([O-])([O-])[O-].[H+].[H+].[H+].[H-].[K+]. The van der Waals surface area contributed by atoms with Crippen LogP contribution in [0.5, 0.6) is 0 Å². The largest absolute Gasteiger partial charge is 1.00 e. The summed E-state index contributed by atoms with van der Waals surface area (Å²) in [6.45, 7) is 0. The van der Waals surface area contributed by atoms with Gasteiger partial charge in [-0.05, 0) is 0 Å². The van der Waals surface area contributed by atoms with Gasteiger partial charge in [0.2, 0.25) is 0 Å². The zero-order valence-corrected chi connectivity index (χ0v) is 10.2. The van der Waals surface area contributed by atoms with Gasteiger partial charge in [-0.15, -0.1) is 0 Å². The zero-order valence-electron chi connectivity index (χ0n) is 9.28. The van der Waals surface area contributed by atoms with Crippen LogP contribution in [0.4, 0.5) is 0 Å². The van der Waals surface area contributed by atoms with Gasteiger partial charge in [-0.3, -0.25) is 0 Å². The minimum absolute atomic E-state index is 0. The Balaban J connectivity index is -0.0000000128. The van der Waals surface area contributed by atoms with E-state index in [-0.39, 0.29) is 57.1 Å². The van der Waals surface area contributed by atoms with E-state index < -0.39 is 15.6 Å². The normalized spacial score (nSPS) is 10.7. The molecular formula is H7KO8P2. The summed E-state index contributed by atoms with van der Waals surface area (Å²) in [5.41, 5.74) is 0. The Kier molecular flexibility index (Phi) is 12.3. The van der Waals surface area contributed by atoms with Gasteiger partial charge in [0.15, 0.2) is 0 Å². The first-order chi connectivity index (χ1) is 4.00. The van der Waals surface area contributed by atoms with Crippen molar-refractivity contribution in [2.75, 3.05) is 0 Å². The van der Waals surface area contributed by atoms with Gasteiger partial charge in [0.1, 0.15) is 0 Å². The summed E-state index contributed by atoms with van der Waals surface area (Å²) in [5, 5.41) is 0. The number of hydrogen-bond donors (Lipinski definition) is 3. The summed E-state index contributed by atoms with van der Waals surface area (Å²) < 4.78 is 17.4. The van der Waals surface area contributed by atoms with Crippen LogP contribution in [0, 0.1) is 0 Å². The van der Waals surface area contributed by atoms with E-state index in [9.17, 15) is 0 Å². The van der Waals surface area contributed by atoms with Crippen molar-refractivity contribution in [3.05, 3.63) is 0 Å². The average molecular weight is 236 g/mol. The molecule has 0 fully saturated rings. The van der Waals surface area contributed by atoms with Crippen LogP contribution in [0.1, 0.15) is 5.71 Å². The molecule has 0 aliphatic heterocycles. The average Bonchev–Trinajstić information content (AvgIpc) is 1.12. The number of hydrogen-bond acceptors (Lipinski definition) is 5. The second-order valence-corrected chi connectivity index (χ2v) is 2.88. The van der Waals surface area contributed by atoms with Crippen LogP contribution in [0.25, 0.3) is 0 Å². The molecule has 0 aromatic carbocycles. The second kappa shape index (κ2) is 7.28. The first-order valence-corrected chi connectivity index (χ1v) is 4.54. The van der Waals surface area contributed by atoms with Crippen molar-refractivity contribution in [3.8, 4) is 0 Å². The Bertz CT molecular complexity index is 137. The fourth-order valence-corrected chi connectivity index (χ4v) is 0. The van der Waals surface area contributed by atoms with E-state index in [1.807, 2.05) is 0 Å². The van der Waals surface area contributed by atoms with Crippen molar-refractivity contribution in [3.63, 3.8) is 0 Å². The van der Waals surface area contributed by atoms with Crippen LogP contribution >= 0.6 is 15.6 Å². The van der Waals surface area contributed by atoms with E-state index >= 15 is 0 Å². The predicted molar refractivity (Wildman–Crippen MR) is 26.3 cm³/mol. The predicted octanol–water partition coefficient (Wildman–Crippen LogP) is -6.30. The molecule has 0 saturated heterocycles. The molecule has 0 unspecified atom stereocenters. The van der Waals surface area contributed by atoms with E-state index in [1.165, 1.54) is 0 Å². The minimum atomic E-state index is -5.39. The Labute approximate surface area is 110 Å². The third-order valence-corrected chi connectivity index (χ3v) is 0. The third-order valence-electron chi connectivity index (χ3n) is 0. The maximum absolute atomic E-state index is 8.88. The molecular weight excluding hydrogens is 229 g/mol. The van der Waals surface area contributed by atoms with Crippen molar-refractivity contribution < 1.29 is 95.6 Å². The molecule has 66 valence electrons. The fourth-order valence-electron chi connectivity index (χ4n) is 0. The first-order valence-electron chi connectivity index (χ1n) is 1.51. The van der Waals surface area contributed by atoms with Crippen molar-refractivity contribution in [1.82, 2.24) is 0 Å². The molecule has 0 aromatic heterocycles. The maximum atomic E-state index is 8.88. The molecule has 11 heteroatoms. The molecule has 8 nitrogen and oxygen atoms in total. The standard InChI is InChI=1S/K.2H3O4P.H/c;2*1-5(2,3)4;/h;2*(H3,1,2,3,4);/q+1;;;-1. The van der Waals surface area contributed by atoms with Crippen molar-refractivity contribution >= 4 is 15.6 Å². The monoisotopic (exact) mass is 236 g/mol. The quantitative estimate of drug-likeness (QED) is 0.276. The van der Waals surface area contributed by atoms with Gasteiger partial charge in [0, 0.05) is 0 Å². The molecule has 0 aliphatic carbocycles. The van der Waals surface area contributed by atoms with Crippen molar-refractivity contribution in [2.24, 2.45) is 0 Å². The van der Waals surface area contributed by atoms with Crippen LogP contribution in [0.3, 0.4) is 0 Å². The molecule has 0 spiro atoms. The van der Waals surface area contributed by atoms with E-state index in [0.29, 0.717) is 0 Å². The molecule has 0 aliphatic rings. The molecule has 0 atom stereocenters. The van der Waals surface area contributed by atoms with E-state index in [4.69, 9.17) is 38.5 Å². The fraction of sp³-hybridized carbons (Fsp3) is 0. The Morgan fingerprint density at radius 1 is 1.09 bits per heavy atom. The molecule has 3 N–H and O–H groups in total. The maximum Gasteiger partial charge on any atom is 1.00 e. The molecule has 0 aromatic rings. The van der Waals surface area contributed by atoms with E-state index in [1.54, 1.807) is 0 Å². The van der Waals surface area contributed by atoms with Crippen LogP contribution < -0.4 is 66.1 Å². The number of phosphoric acid groups is 2. The molecule has 0 heterocycles. The zero-order chi connectivity index (χ0) is 9.00. The Morgan fingerprint density at radius 2 is 1.09 bits per heavy atom. The second-order valence-electron chi connectivity index (χ2n) is 0.960. The summed E-state index contributed by atoms with van der Waals surface area (Å²) in [6, 6.07) is 0. The van der Waals surface area contributed by atoms with Gasteiger partial charge in [0.25, 0.3) is 0 Å². The van der Waals surface area contributed by atoms with Crippen LogP contribution in [-0.4, -0.2) is 14.7 Å². The number of rotatable bonds is 0. The Hall–Kier alpha value is 1.86. The van der Waals surface area contributed by atoms with Crippen LogP contribution in [-0.2, 0) is 9.13 Å². The molecule has 11 heavy (non-hydrogen) atoms. The van der Waals surface area contributed by atoms with Crippen molar-refractivity contribution in [1.29, 1.82) is 0 Å². The minimum Gasteiger partial charge on any atom is -1.00 e. The summed E-state index contributed by atoms with van der Waals surface area (Å²) in [4.78, 5) is 47.2. The smallest absolute Gasteiger partial charge is 1.00 e.